The molecule has 2 heterocycles. The maximum absolute atomic E-state index is 13.6. The molecule has 1 aliphatic rings. The molecule has 1 atom stereocenters. The second kappa shape index (κ2) is 7.57. The number of ether oxygens (including phenoxy) is 2. The van der Waals surface area contributed by atoms with Crippen LogP contribution >= 0.6 is 0 Å². The first-order chi connectivity index (χ1) is 14.0. The lowest BCUT2D eigenvalue weighted by molar-refractivity contribution is 0.289. The van der Waals surface area contributed by atoms with Crippen LogP contribution in [0.4, 0.5) is 0 Å². The van der Waals surface area contributed by atoms with Crippen molar-refractivity contribution in [3.05, 3.63) is 77.6 Å². The van der Waals surface area contributed by atoms with Gasteiger partial charge in [0.25, 0.3) is 0 Å². The first-order valence-corrected chi connectivity index (χ1v) is 10.8. The largest absolute Gasteiger partial charge is 0.497 e. The summed E-state index contributed by atoms with van der Waals surface area (Å²) in [5.74, 6) is 1.27. The van der Waals surface area contributed by atoms with Gasteiger partial charge < -0.3 is 14.0 Å². The zero-order valence-electron chi connectivity index (χ0n) is 16.7. The van der Waals surface area contributed by atoms with Crippen LogP contribution in [-0.4, -0.2) is 38.1 Å². The van der Waals surface area contributed by atoms with E-state index in [1.807, 2.05) is 55.6 Å². The molecule has 0 bridgehead atoms. The molecule has 29 heavy (non-hydrogen) atoms. The highest BCUT2D eigenvalue weighted by Crippen LogP contribution is 2.41. The van der Waals surface area contributed by atoms with Crippen molar-refractivity contribution in [2.24, 2.45) is 0 Å². The lowest BCUT2D eigenvalue weighted by Gasteiger charge is -2.37. The van der Waals surface area contributed by atoms with E-state index in [-0.39, 0.29) is 4.90 Å². The first-order valence-electron chi connectivity index (χ1n) is 9.41. The Balaban J connectivity index is 1.90. The third kappa shape index (κ3) is 3.41. The smallest absolute Gasteiger partial charge is 0.244 e. The standard InChI is InChI=1S/C22H24N2O4S/c1-16-6-9-18(10-7-16)29(25,26)24-14-13-23-12-4-5-20(23)22(24)19-15-17(27-2)8-11-21(19)28-3/h4-12,15,22H,13-14H2,1-3H3. The van der Waals surface area contributed by atoms with Crippen LogP contribution in [0.5, 0.6) is 11.5 Å². The summed E-state index contributed by atoms with van der Waals surface area (Å²) < 4.78 is 41.9. The van der Waals surface area contributed by atoms with Crippen LogP contribution in [0.3, 0.4) is 0 Å². The maximum atomic E-state index is 13.6. The molecule has 1 unspecified atom stereocenters. The maximum Gasteiger partial charge on any atom is 0.244 e. The van der Waals surface area contributed by atoms with Crippen molar-refractivity contribution in [3.63, 3.8) is 0 Å². The Morgan fingerprint density at radius 1 is 0.966 bits per heavy atom. The summed E-state index contributed by atoms with van der Waals surface area (Å²) in [5, 5.41) is 0. The molecule has 1 aromatic heterocycles. The molecule has 6 nitrogen and oxygen atoms in total. The van der Waals surface area contributed by atoms with Gasteiger partial charge in [-0.25, -0.2) is 8.42 Å². The minimum Gasteiger partial charge on any atom is -0.497 e. The van der Waals surface area contributed by atoms with Crippen molar-refractivity contribution in [2.45, 2.75) is 24.4 Å². The van der Waals surface area contributed by atoms with Crippen LogP contribution in [0.2, 0.25) is 0 Å². The van der Waals surface area contributed by atoms with Gasteiger partial charge in [-0.05, 0) is 49.4 Å². The summed E-state index contributed by atoms with van der Waals surface area (Å²) >= 11 is 0. The zero-order valence-corrected chi connectivity index (χ0v) is 17.5. The Hall–Kier alpha value is -2.77. The molecule has 0 saturated heterocycles. The molecule has 4 rings (SSSR count). The molecule has 0 amide bonds. The number of fused-ring (bicyclic) bond motifs is 1. The van der Waals surface area contributed by atoms with Gasteiger partial charge in [-0.3, -0.25) is 0 Å². The topological polar surface area (TPSA) is 60.8 Å². The molecule has 0 radical (unpaired) electrons. The molecule has 152 valence electrons. The third-order valence-electron chi connectivity index (χ3n) is 5.35. The number of methoxy groups -OCH3 is 2. The highest BCUT2D eigenvalue weighted by atomic mass is 32.2. The average Bonchev–Trinajstić information content (AvgIpc) is 3.21. The van der Waals surface area contributed by atoms with Crippen molar-refractivity contribution in [1.82, 2.24) is 8.87 Å². The summed E-state index contributed by atoms with van der Waals surface area (Å²) in [4.78, 5) is 0.287. The number of aryl methyl sites for hydroxylation is 1. The minimum atomic E-state index is -3.72. The van der Waals surface area contributed by atoms with Gasteiger partial charge in [0.05, 0.1) is 25.2 Å². The Bertz CT molecular complexity index is 1120. The van der Waals surface area contributed by atoms with E-state index in [1.54, 1.807) is 30.7 Å². The van der Waals surface area contributed by atoms with Gasteiger partial charge >= 0.3 is 0 Å². The molecule has 0 N–H and O–H groups in total. The lowest BCUT2D eigenvalue weighted by atomic mass is 10.0. The molecule has 2 aromatic carbocycles. The molecule has 0 spiro atoms. The summed E-state index contributed by atoms with van der Waals surface area (Å²) in [7, 11) is -0.535. The molecule has 7 heteroatoms. The van der Waals surface area contributed by atoms with Gasteiger partial charge in [0.15, 0.2) is 0 Å². The fourth-order valence-electron chi connectivity index (χ4n) is 3.83. The number of nitrogens with zero attached hydrogens (tertiary/aromatic N) is 2. The summed E-state index contributed by atoms with van der Waals surface area (Å²) in [6.45, 7) is 2.90. The van der Waals surface area contributed by atoms with Gasteiger partial charge in [-0.1, -0.05) is 17.7 Å². The monoisotopic (exact) mass is 412 g/mol. The Morgan fingerprint density at radius 2 is 1.72 bits per heavy atom. The summed E-state index contributed by atoms with van der Waals surface area (Å²) in [5.41, 5.74) is 2.67. The molecule has 0 fully saturated rings. The molecule has 1 aliphatic heterocycles. The van der Waals surface area contributed by atoms with Gasteiger partial charge in [0.1, 0.15) is 11.5 Å². The summed E-state index contributed by atoms with van der Waals surface area (Å²) in [6, 6.07) is 15.8. The summed E-state index contributed by atoms with van der Waals surface area (Å²) in [6.07, 6.45) is 1.98. The van der Waals surface area contributed by atoms with Crippen LogP contribution in [0.25, 0.3) is 0 Å². The van der Waals surface area contributed by atoms with E-state index in [0.29, 0.717) is 24.6 Å². The highest BCUT2D eigenvalue weighted by molar-refractivity contribution is 7.89. The van der Waals surface area contributed by atoms with Gasteiger partial charge in [-0.15, -0.1) is 0 Å². The van der Waals surface area contributed by atoms with E-state index in [9.17, 15) is 8.42 Å². The van der Waals surface area contributed by atoms with E-state index < -0.39 is 16.1 Å². The molecule has 0 saturated carbocycles. The van der Waals surface area contributed by atoms with Crippen LogP contribution in [0.1, 0.15) is 22.9 Å². The normalized spacial score (nSPS) is 17.0. The van der Waals surface area contributed by atoms with Crippen molar-refractivity contribution in [1.29, 1.82) is 0 Å². The van der Waals surface area contributed by atoms with Crippen molar-refractivity contribution < 1.29 is 17.9 Å². The number of hydrogen-bond acceptors (Lipinski definition) is 4. The van der Waals surface area contributed by atoms with E-state index >= 15 is 0 Å². The quantitative estimate of drug-likeness (QED) is 0.642. The van der Waals surface area contributed by atoms with E-state index in [2.05, 4.69) is 4.57 Å². The Morgan fingerprint density at radius 3 is 2.41 bits per heavy atom. The minimum absolute atomic E-state index is 0.287. The Kier molecular flexibility index (Phi) is 5.10. The predicted molar refractivity (Wildman–Crippen MR) is 111 cm³/mol. The number of rotatable bonds is 5. The van der Waals surface area contributed by atoms with Gasteiger partial charge in [-0.2, -0.15) is 4.31 Å². The second-order valence-electron chi connectivity index (χ2n) is 7.07. The number of benzene rings is 2. The molecular formula is C22H24N2O4S. The van der Waals surface area contributed by atoms with Crippen molar-refractivity contribution in [2.75, 3.05) is 20.8 Å². The van der Waals surface area contributed by atoms with Crippen LogP contribution in [0.15, 0.2) is 65.7 Å². The lowest BCUT2D eigenvalue weighted by Crippen LogP contribution is -2.42. The zero-order chi connectivity index (χ0) is 20.6. The number of sulfonamides is 1. The SMILES string of the molecule is COc1ccc(OC)c(C2c3cccn3CCN2S(=O)(=O)c2ccc(C)cc2)c1. The first kappa shape index (κ1) is 19.5. The van der Waals surface area contributed by atoms with Crippen LogP contribution < -0.4 is 9.47 Å². The van der Waals surface area contributed by atoms with E-state index in [4.69, 9.17) is 9.47 Å². The molecule has 0 aliphatic carbocycles. The van der Waals surface area contributed by atoms with Crippen LogP contribution in [0, 0.1) is 6.92 Å². The molecular weight excluding hydrogens is 388 g/mol. The predicted octanol–water partition coefficient (Wildman–Crippen LogP) is 3.61. The Labute approximate surface area is 171 Å². The van der Waals surface area contributed by atoms with Gasteiger partial charge in [0.2, 0.25) is 10.0 Å². The van der Waals surface area contributed by atoms with E-state index in [1.165, 1.54) is 0 Å². The third-order valence-corrected chi connectivity index (χ3v) is 7.23. The second-order valence-corrected chi connectivity index (χ2v) is 8.96. The van der Waals surface area contributed by atoms with Crippen molar-refractivity contribution >= 4 is 10.0 Å². The molecule has 3 aromatic rings. The van der Waals surface area contributed by atoms with E-state index in [0.717, 1.165) is 16.8 Å². The number of aromatic nitrogens is 1. The fourth-order valence-corrected chi connectivity index (χ4v) is 5.41. The van der Waals surface area contributed by atoms with Gasteiger partial charge in [0, 0.05) is 30.5 Å². The van der Waals surface area contributed by atoms with Crippen LogP contribution in [-0.2, 0) is 16.6 Å². The average molecular weight is 413 g/mol. The highest BCUT2D eigenvalue weighted by Gasteiger charge is 2.39. The van der Waals surface area contributed by atoms with Crippen molar-refractivity contribution in [3.8, 4) is 11.5 Å². The fraction of sp³-hybridized carbons (Fsp3) is 0.273. The number of hydrogen-bond donors (Lipinski definition) is 0.